The second-order valence-corrected chi connectivity index (χ2v) is 5.72. The highest BCUT2D eigenvalue weighted by molar-refractivity contribution is 9.09. The highest BCUT2D eigenvalue weighted by Gasteiger charge is 2.30. The highest BCUT2D eigenvalue weighted by atomic mass is 79.9. The first-order valence-corrected chi connectivity index (χ1v) is 7.67. The molecular formula is C15H21BrO3. The van der Waals surface area contributed by atoms with Crippen LogP contribution in [0, 0.1) is 5.92 Å². The summed E-state index contributed by atoms with van der Waals surface area (Å²) in [6, 6.07) is 4.05. The predicted molar refractivity (Wildman–Crippen MR) is 79.6 cm³/mol. The van der Waals surface area contributed by atoms with Gasteiger partial charge in [-0.2, -0.15) is 0 Å². The fourth-order valence-electron chi connectivity index (χ4n) is 2.55. The van der Waals surface area contributed by atoms with Crippen LogP contribution in [0.15, 0.2) is 12.1 Å². The highest BCUT2D eigenvalue weighted by Crippen LogP contribution is 2.43. The van der Waals surface area contributed by atoms with E-state index in [-0.39, 0.29) is 6.10 Å². The van der Waals surface area contributed by atoms with E-state index in [9.17, 15) is 0 Å². The molecule has 1 heterocycles. The molecule has 4 heteroatoms. The minimum Gasteiger partial charge on any atom is -0.497 e. The van der Waals surface area contributed by atoms with E-state index in [4.69, 9.17) is 14.2 Å². The Kier molecular flexibility index (Phi) is 4.74. The molecule has 0 aromatic heterocycles. The molecule has 1 aliphatic heterocycles. The van der Waals surface area contributed by atoms with Crippen molar-refractivity contribution in [3.8, 4) is 11.5 Å². The average Bonchev–Trinajstić information content (AvgIpc) is 2.57. The molecule has 1 aliphatic rings. The van der Waals surface area contributed by atoms with E-state index in [1.54, 1.807) is 14.2 Å². The van der Waals surface area contributed by atoms with Crippen molar-refractivity contribution in [2.45, 2.75) is 25.9 Å². The summed E-state index contributed by atoms with van der Waals surface area (Å²) < 4.78 is 16.9. The summed E-state index contributed by atoms with van der Waals surface area (Å²) in [6.45, 7) is 5.22. The summed E-state index contributed by atoms with van der Waals surface area (Å²) in [4.78, 5) is 0. The molecule has 0 spiro atoms. The quantitative estimate of drug-likeness (QED) is 0.787. The molecule has 0 saturated carbocycles. The van der Waals surface area contributed by atoms with Crippen LogP contribution in [0.25, 0.3) is 0 Å². The molecule has 1 aromatic carbocycles. The Labute approximate surface area is 123 Å². The third-order valence-electron chi connectivity index (χ3n) is 3.97. The van der Waals surface area contributed by atoms with Gasteiger partial charge in [-0.15, -0.1) is 0 Å². The van der Waals surface area contributed by atoms with Crippen molar-refractivity contribution in [1.82, 2.24) is 0 Å². The van der Waals surface area contributed by atoms with Gasteiger partial charge < -0.3 is 14.2 Å². The van der Waals surface area contributed by atoms with Crippen LogP contribution in [0.1, 0.15) is 37.0 Å². The van der Waals surface area contributed by atoms with E-state index in [1.165, 1.54) is 5.56 Å². The van der Waals surface area contributed by atoms with Crippen molar-refractivity contribution in [2.24, 2.45) is 5.92 Å². The van der Waals surface area contributed by atoms with Gasteiger partial charge in [0.05, 0.1) is 26.9 Å². The minimum absolute atomic E-state index is 0.0308. The van der Waals surface area contributed by atoms with Crippen LogP contribution in [0.4, 0.5) is 0 Å². The fraction of sp³-hybridized carbons (Fsp3) is 0.600. The van der Waals surface area contributed by atoms with Crippen molar-refractivity contribution >= 4 is 15.9 Å². The van der Waals surface area contributed by atoms with Gasteiger partial charge in [0.1, 0.15) is 11.5 Å². The number of halogens is 1. The summed E-state index contributed by atoms with van der Waals surface area (Å²) in [5.74, 6) is 2.58. The molecule has 19 heavy (non-hydrogen) atoms. The van der Waals surface area contributed by atoms with E-state index in [0.29, 0.717) is 11.8 Å². The average molecular weight is 329 g/mol. The Hall–Kier alpha value is -0.740. The fourth-order valence-corrected chi connectivity index (χ4v) is 3.06. The van der Waals surface area contributed by atoms with Crippen LogP contribution in [-0.4, -0.2) is 26.2 Å². The Balaban J connectivity index is 2.61. The van der Waals surface area contributed by atoms with E-state index in [1.807, 2.05) is 6.07 Å². The third-order valence-corrected chi connectivity index (χ3v) is 4.56. The first-order chi connectivity index (χ1) is 9.12. The smallest absolute Gasteiger partial charge is 0.128 e. The van der Waals surface area contributed by atoms with E-state index < -0.39 is 0 Å². The molecule has 3 atom stereocenters. The van der Waals surface area contributed by atoms with Crippen molar-refractivity contribution in [1.29, 1.82) is 0 Å². The summed E-state index contributed by atoms with van der Waals surface area (Å²) >= 11 is 3.54. The summed E-state index contributed by atoms with van der Waals surface area (Å²) in [7, 11) is 3.38. The van der Waals surface area contributed by atoms with E-state index in [2.05, 4.69) is 35.8 Å². The lowest BCUT2D eigenvalue weighted by atomic mass is 9.86. The van der Waals surface area contributed by atoms with E-state index >= 15 is 0 Å². The van der Waals surface area contributed by atoms with Gasteiger partial charge in [-0.1, -0.05) is 29.8 Å². The lowest BCUT2D eigenvalue weighted by molar-refractivity contribution is 0.0497. The number of fused-ring (bicyclic) bond motifs is 1. The number of methoxy groups -OCH3 is 2. The molecule has 3 unspecified atom stereocenters. The van der Waals surface area contributed by atoms with Crippen LogP contribution >= 0.6 is 15.9 Å². The normalized spacial score (nSPS) is 26.5. The Morgan fingerprint density at radius 2 is 2.00 bits per heavy atom. The van der Waals surface area contributed by atoms with Gasteiger partial charge in [0.2, 0.25) is 0 Å². The number of hydrogen-bond donors (Lipinski definition) is 0. The molecule has 3 nitrogen and oxygen atoms in total. The van der Waals surface area contributed by atoms with Crippen molar-refractivity contribution in [2.75, 3.05) is 26.2 Å². The maximum Gasteiger partial charge on any atom is 0.128 e. The van der Waals surface area contributed by atoms with Crippen LogP contribution < -0.4 is 9.47 Å². The van der Waals surface area contributed by atoms with Crippen LogP contribution in [0.2, 0.25) is 0 Å². The summed E-state index contributed by atoms with van der Waals surface area (Å²) in [5, 5.41) is 0.766. The number of rotatable bonds is 3. The topological polar surface area (TPSA) is 27.7 Å². The molecule has 0 saturated heterocycles. The predicted octanol–water partition coefficient (Wildman–Crippen LogP) is 3.91. The van der Waals surface area contributed by atoms with Crippen LogP contribution in [-0.2, 0) is 4.74 Å². The van der Waals surface area contributed by atoms with Crippen LogP contribution in [0.5, 0.6) is 11.5 Å². The monoisotopic (exact) mass is 328 g/mol. The standard InChI is InChI=1S/C15H21BrO3/c1-9-8-19-14(7-16)15-12(10(9)2)5-11(17-3)6-13(15)18-4/h5-6,9-10,14H,7-8H2,1-4H3. The molecule has 0 aliphatic carbocycles. The molecular weight excluding hydrogens is 308 g/mol. The Morgan fingerprint density at radius 1 is 1.26 bits per heavy atom. The Morgan fingerprint density at radius 3 is 2.58 bits per heavy atom. The zero-order valence-electron chi connectivity index (χ0n) is 11.9. The first-order valence-electron chi connectivity index (χ1n) is 6.55. The van der Waals surface area contributed by atoms with Crippen molar-refractivity contribution in [3.63, 3.8) is 0 Å². The van der Waals surface area contributed by atoms with Gasteiger partial charge in [0.25, 0.3) is 0 Å². The van der Waals surface area contributed by atoms with Gasteiger partial charge in [-0.05, 0) is 23.5 Å². The molecule has 2 rings (SSSR count). The molecule has 0 radical (unpaired) electrons. The van der Waals surface area contributed by atoms with E-state index in [0.717, 1.165) is 29.0 Å². The van der Waals surface area contributed by atoms with Crippen molar-refractivity contribution in [3.05, 3.63) is 23.3 Å². The third kappa shape index (κ3) is 2.75. The number of hydrogen-bond acceptors (Lipinski definition) is 3. The van der Waals surface area contributed by atoms with Gasteiger partial charge in [-0.25, -0.2) is 0 Å². The largest absolute Gasteiger partial charge is 0.497 e. The molecule has 1 aromatic rings. The summed E-state index contributed by atoms with van der Waals surface area (Å²) in [6.07, 6.45) is 0.0308. The maximum absolute atomic E-state index is 6.01. The second-order valence-electron chi connectivity index (χ2n) is 5.07. The molecule has 0 bridgehead atoms. The molecule has 106 valence electrons. The van der Waals surface area contributed by atoms with Crippen molar-refractivity contribution < 1.29 is 14.2 Å². The molecule has 0 fully saturated rings. The molecule has 0 N–H and O–H groups in total. The maximum atomic E-state index is 6.01. The van der Waals surface area contributed by atoms with Gasteiger partial charge in [0, 0.05) is 17.0 Å². The van der Waals surface area contributed by atoms with Gasteiger partial charge >= 0.3 is 0 Å². The number of benzene rings is 1. The zero-order chi connectivity index (χ0) is 14.0. The number of alkyl halides is 1. The zero-order valence-corrected chi connectivity index (χ0v) is 13.5. The number of ether oxygens (including phenoxy) is 3. The second kappa shape index (κ2) is 6.14. The molecule has 0 amide bonds. The Bertz CT molecular complexity index is 447. The lowest BCUT2D eigenvalue weighted by Gasteiger charge is -2.21. The summed E-state index contributed by atoms with van der Waals surface area (Å²) in [5.41, 5.74) is 2.42. The first kappa shape index (κ1) is 14.7. The minimum atomic E-state index is 0.0308. The van der Waals surface area contributed by atoms with Gasteiger partial charge in [-0.3, -0.25) is 0 Å². The van der Waals surface area contributed by atoms with Crippen LogP contribution in [0.3, 0.4) is 0 Å². The van der Waals surface area contributed by atoms with Gasteiger partial charge in [0.15, 0.2) is 0 Å². The SMILES string of the molecule is COc1cc(OC)c2c(c1)C(C)C(C)COC2CBr. The lowest BCUT2D eigenvalue weighted by Crippen LogP contribution is -2.10.